The molecule has 0 aliphatic carbocycles. The average molecular weight is 383 g/mol. The summed E-state index contributed by atoms with van der Waals surface area (Å²) in [7, 11) is 0. The lowest BCUT2D eigenvalue weighted by Crippen LogP contribution is -2.32. The van der Waals surface area contributed by atoms with Crippen molar-refractivity contribution >= 4 is 29.1 Å². The lowest BCUT2D eigenvalue weighted by atomic mass is 10.1. The molecule has 0 bridgehead atoms. The van der Waals surface area contributed by atoms with Crippen LogP contribution in [0.25, 0.3) is 10.6 Å². The van der Waals surface area contributed by atoms with Gasteiger partial charge in [-0.1, -0.05) is 22.4 Å². The highest BCUT2D eigenvalue weighted by atomic mass is 32.1. The Morgan fingerprint density at radius 1 is 1.07 bits per heavy atom. The summed E-state index contributed by atoms with van der Waals surface area (Å²) in [5, 5.41) is 4.92. The third kappa shape index (κ3) is 2.63. The van der Waals surface area contributed by atoms with Gasteiger partial charge in [0.1, 0.15) is 15.6 Å². The minimum atomic E-state index is -0.822. The van der Waals surface area contributed by atoms with Gasteiger partial charge in [0.05, 0.1) is 28.1 Å². The van der Waals surface area contributed by atoms with Crippen molar-refractivity contribution in [2.45, 2.75) is 20.8 Å². The Labute approximate surface area is 157 Å². The molecule has 0 spiro atoms. The van der Waals surface area contributed by atoms with Crippen LogP contribution < -0.4 is 0 Å². The quantitative estimate of drug-likeness (QED) is 0.640. The zero-order valence-corrected chi connectivity index (χ0v) is 15.4. The van der Waals surface area contributed by atoms with Gasteiger partial charge in [-0.2, -0.15) is 0 Å². The number of aromatic nitrogens is 2. The van der Waals surface area contributed by atoms with Gasteiger partial charge >= 0.3 is 5.97 Å². The number of hydrogen-bond acceptors (Lipinski definition) is 8. The van der Waals surface area contributed by atoms with E-state index in [1.165, 1.54) is 12.1 Å². The van der Waals surface area contributed by atoms with Gasteiger partial charge in [0.25, 0.3) is 11.8 Å². The normalized spacial score (nSPS) is 13.2. The van der Waals surface area contributed by atoms with Crippen LogP contribution in [0, 0.1) is 20.8 Å². The number of benzene rings is 1. The van der Waals surface area contributed by atoms with Gasteiger partial charge in [0.15, 0.2) is 0 Å². The number of imide groups is 1. The molecule has 2 amide bonds. The van der Waals surface area contributed by atoms with E-state index in [9.17, 15) is 14.4 Å². The van der Waals surface area contributed by atoms with E-state index in [2.05, 4.69) is 10.1 Å². The third-order valence-electron chi connectivity index (χ3n) is 4.16. The van der Waals surface area contributed by atoms with Gasteiger partial charge < -0.3 is 9.36 Å². The van der Waals surface area contributed by atoms with Crippen molar-refractivity contribution in [1.29, 1.82) is 0 Å². The first kappa shape index (κ1) is 17.1. The molecule has 1 aliphatic rings. The monoisotopic (exact) mass is 383 g/mol. The first-order valence-corrected chi connectivity index (χ1v) is 8.81. The third-order valence-corrected chi connectivity index (χ3v) is 5.32. The zero-order valence-electron chi connectivity index (χ0n) is 14.6. The average Bonchev–Trinajstić information content (AvgIpc) is 3.26. The fourth-order valence-electron chi connectivity index (χ4n) is 2.86. The molecule has 2 aromatic heterocycles. The maximum atomic E-state index is 12.6. The molecule has 4 rings (SSSR count). The van der Waals surface area contributed by atoms with Gasteiger partial charge in [0, 0.05) is 0 Å². The second kappa shape index (κ2) is 6.13. The summed E-state index contributed by atoms with van der Waals surface area (Å²) >= 11 is 1.09. The van der Waals surface area contributed by atoms with Crippen molar-refractivity contribution in [2.24, 2.45) is 0 Å². The van der Waals surface area contributed by atoms with Gasteiger partial charge in [0.2, 0.25) is 0 Å². The predicted octanol–water partition coefficient (Wildman–Crippen LogP) is 3.09. The number of aryl methyl sites for hydroxylation is 3. The standard InChI is InChI=1S/C18H13N3O5S/c1-8-13(10(3)25-20-8)15-19-9(2)14(27-15)18(24)26-21-16(22)11-6-4-5-7-12(11)17(21)23/h4-7H,1-3H3. The summed E-state index contributed by atoms with van der Waals surface area (Å²) < 4.78 is 5.13. The minimum absolute atomic E-state index is 0.196. The van der Waals surface area contributed by atoms with E-state index in [-0.39, 0.29) is 16.0 Å². The Bertz CT molecular complexity index is 1060. The number of carbonyl (C=O) groups excluding carboxylic acids is 3. The molecule has 1 aromatic carbocycles. The number of hydrogen-bond donors (Lipinski definition) is 0. The van der Waals surface area contributed by atoms with Crippen LogP contribution in [0.4, 0.5) is 0 Å². The van der Waals surface area contributed by atoms with Crippen LogP contribution >= 0.6 is 11.3 Å². The highest BCUT2D eigenvalue weighted by Crippen LogP contribution is 2.33. The van der Waals surface area contributed by atoms with E-state index in [0.717, 1.165) is 11.3 Å². The topological polar surface area (TPSA) is 103 Å². The SMILES string of the molecule is Cc1nc(-c2c(C)noc2C)sc1C(=O)ON1C(=O)c2ccccc2C1=O. The molecule has 1 aliphatic heterocycles. The molecule has 3 aromatic rings. The highest BCUT2D eigenvalue weighted by Gasteiger charge is 2.39. The van der Waals surface area contributed by atoms with Crippen LogP contribution in [-0.4, -0.2) is 33.0 Å². The number of hydroxylamine groups is 2. The molecule has 0 unspecified atom stereocenters. The Balaban J connectivity index is 1.62. The smallest absolute Gasteiger partial charge is 0.361 e. The van der Waals surface area contributed by atoms with Gasteiger partial charge in [-0.05, 0) is 32.9 Å². The first-order chi connectivity index (χ1) is 12.9. The summed E-state index contributed by atoms with van der Waals surface area (Å²) in [6.07, 6.45) is 0. The van der Waals surface area contributed by atoms with Crippen LogP contribution in [0.3, 0.4) is 0 Å². The fourth-order valence-corrected chi connectivity index (χ4v) is 3.94. The molecular formula is C18H13N3O5S. The molecule has 0 saturated carbocycles. The number of fused-ring (bicyclic) bond motifs is 1. The first-order valence-electron chi connectivity index (χ1n) is 7.99. The molecule has 8 nitrogen and oxygen atoms in total. The molecule has 27 heavy (non-hydrogen) atoms. The molecule has 0 atom stereocenters. The molecule has 136 valence electrons. The Morgan fingerprint density at radius 2 is 1.70 bits per heavy atom. The molecule has 0 N–H and O–H groups in total. The summed E-state index contributed by atoms with van der Waals surface area (Å²) in [4.78, 5) is 46.9. The van der Waals surface area contributed by atoms with Crippen molar-refractivity contribution in [3.05, 3.63) is 57.4 Å². The molecule has 0 saturated heterocycles. The molecule has 9 heteroatoms. The number of amides is 2. The summed E-state index contributed by atoms with van der Waals surface area (Å²) in [5.74, 6) is -1.58. The Kier molecular flexibility index (Phi) is 3.88. The van der Waals surface area contributed by atoms with Crippen molar-refractivity contribution in [3.8, 4) is 10.6 Å². The number of nitrogens with zero attached hydrogens (tertiary/aromatic N) is 3. The van der Waals surface area contributed by atoms with E-state index in [0.29, 0.717) is 32.8 Å². The zero-order chi connectivity index (χ0) is 19.3. The summed E-state index contributed by atoms with van der Waals surface area (Å²) in [6.45, 7) is 5.18. The molecule has 0 radical (unpaired) electrons. The van der Waals surface area contributed by atoms with E-state index in [4.69, 9.17) is 9.36 Å². The van der Waals surface area contributed by atoms with Crippen LogP contribution in [0.2, 0.25) is 0 Å². The predicted molar refractivity (Wildman–Crippen MR) is 94.2 cm³/mol. The fraction of sp³-hybridized carbons (Fsp3) is 0.167. The number of thiazole rings is 1. The number of carbonyl (C=O) groups is 3. The maximum absolute atomic E-state index is 12.6. The second-order valence-corrected chi connectivity index (χ2v) is 6.96. The lowest BCUT2D eigenvalue weighted by Gasteiger charge is -2.11. The van der Waals surface area contributed by atoms with Gasteiger partial charge in [-0.3, -0.25) is 9.59 Å². The van der Waals surface area contributed by atoms with Crippen molar-refractivity contribution in [2.75, 3.05) is 0 Å². The van der Waals surface area contributed by atoms with E-state index >= 15 is 0 Å². The molecule has 0 fully saturated rings. The number of rotatable bonds is 3. The minimum Gasteiger partial charge on any atom is -0.361 e. The van der Waals surface area contributed by atoms with E-state index in [1.54, 1.807) is 32.9 Å². The van der Waals surface area contributed by atoms with E-state index < -0.39 is 17.8 Å². The van der Waals surface area contributed by atoms with Crippen molar-refractivity contribution < 1.29 is 23.7 Å². The van der Waals surface area contributed by atoms with Crippen LogP contribution in [0.5, 0.6) is 0 Å². The van der Waals surface area contributed by atoms with E-state index in [1.807, 2.05) is 0 Å². The Morgan fingerprint density at radius 3 is 2.26 bits per heavy atom. The van der Waals surface area contributed by atoms with Crippen LogP contribution in [-0.2, 0) is 4.84 Å². The Hall–Kier alpha value is -3.33. The lowest BCUT2D eigenvalue weighted by molar-refractivity contribution is -0.0581. The molecular weight excluding hydrogens is 370 g/mol. The summed E-state index contributed by atoms with van der Waals surface area (Å²) in [6, 6.07) is 6.30. The molecule has 3 heterocycles. The van der Waals surface area contributed by atoms with Crippen molar-refractivity contribution in [3.63, 3.8) is 0 Å². The van der Waals surface area contributed by atoms with Crippen LogP contribution in [0.15, 0.2) is 28.8 Å². The van der Waals surface area contributed by atoms with Crippen LogP contribution in [0.1, 0.15) is 47.5 Å². The second-order valence-electron chi connectivity index (χ2n) is 5.96. The highest BCUT2D eigenvalue weighted by molar-refractivity contribution is 7.17. The van der Waals surface area contributed by atoms with Gasteiger partial charge in [-0.25, -0.2) is 9.78 Å². The largest absolute Gasteiger partial charge is 0.375 e. The maximum Gasteiger partial charge on any atom is 0.375 e. The summed E-state index contributed by atoms with van der Waals surface area (Å²) in [5.41, 5.74) is 2.20. The van der Waals surface area contributed by atoms with Crippen molar-refractivity contribution in [1.82, 2.24) is 15.2 Å². The van der Waals surface area contributed by atoms with Gasteiger partial charge in [-0.15, -0.1) is 11.3 Å².